The summed E-state index contributed by atoms with van der Waals surface area (Å²) in [5.41, 5.74) is 3.80. The van der Waals surface area contributed by atoms with Gasteiger partial charge in [0.2, 0.25) is 5.82 Å². The molecule has 0 amide bonds. The summed E-state index contributed by atoms with van der Waals surface area (Å²) in [5, 5.41) is 13.6. The number of hydrogen-bond acceptors (Lipinski definition) is 3. The molecular formula is C25H29F3N4. The van der Waals surface area contributed by atoms with Crippen LogP contribution >= 0.6 is 0 Å². The van der Waals surface area contributed by atoms with Gasteiger partial charge in [-0.3, -0.25) is 0 Å². The number of tetrazole rings is 1. The number of alkyl halides is 3. The summed E-state index contributed by atoms with van der Waals surface area (Å²) in [4.78, 5) is 0. The molecule has 2 aliphatic rings. The molecule has 2 aliphatic carbocycles. The largest absolute Gasteiger partial charge is 0.416 e. The predicted molar refractivity (Wildman–Crippen MR) is 119 cm³/mol. The van der Waals surface area contributed by atoms with Crippen molar-refractivity contribution in [1.29, 1.82) is 0 Å². The Hall–Kier alpha value is -2.70. The van der Waals surface area contributed by atoms with Gasteiger partial charge in [0.1, 0.15) is 0 Å². The summed E-state index contributed by atoms with van der Waals surface area (Å²) in [6, 6.07) is 6.14. The lowest BCUT2D eigenvalue weighted by atomic mass is 9.59. The Morgan fingerprint density at radius 3 is 2.31 bits per heavy atom. The van der Waals surface area contributed by atoms with Gasteiger partial charge in [-0.1, -0.05) is 75.3 Å². The van der Waals surface area contributed by atoms with Gasteiger partial charge >= 0.3 is 6.18 Å². The minimum Gasteiger partial charge on any atom is -0.177 e. The number of hydrogen-bond donors (Lipinski definition) is 1. The van der Waals surface area contributed by atoms with Crippen molar-refractivity contribution < 1.29 is 13.2 Å². The van der Waals surface area contributed by atoms with Crippen LogP contribution in [0.2, 0.25) is 0 Å². The van der Waals surface area contributed by atoms with E-state index in [1.165, 1.54) is 29.4 Å². The van der Waals surface area contributed by atoms with E-state index in [9.17, 15) is 13.2 Å². The van der Waals surface area contributed by atoms with E-state index >= 15 is 0 Å². The van der Waals surface area contributed by atoms with Crippen molar-refractivity contribution in [2.45, 2.75) is 60.1 Å². The highest BCUT2D eigenvalue weighted by molar-refractivity contribution is 5.72. The fourth-order valence-electron chi connectivity index (χ4n) is 4.90. The Labute approximate surface area is 186 Å². The summed E-state index contributed by atoms with van der Waals surface area (Å²) in [6.45, 7) is 10.9. The normalized spacial score (nSPS) is 23.1. The molecule has 170 valence electrons. The number of allylic oxidation sites excluding steroid dienone is 6. The van der Waals surface area contributed by atoms with Crippen LogP contribution in [0.5, 0.6) is 0 Å². The van der Waals surface area contributed by atoms with Crippen LogP contribution in [0.15, 0.2) is 53.1 Å². The summed E-state index contributed by atoms with van der Waals surface area (Å²) in [5.74, 6) is 0.0668. The molecule has 0 spiro atoms. The SMILES string of the molecule is CC1=CC2=C(CC1C=C(c1ccc(-c3nn[nH]n3)cc1)C(F)(F)F)C(C)(C)CCC2(C)C. The summed E-state index contributed by atoms with van der Waals surface area (Å²) < 4.78 is 42.4. The topological polar surface area (TPSA) is 54.5 Å². The fourth-order valence-corrected chi connectivity index (χ4v) is 4.90. The first kappa shape index (κ1) is 22.5. The number of aromatic nitrogens is 4. The average molecular weight is 443 g/mol. The van der Waals surface area contributed by atoms with Gasteiger partial charge in [0, 0.05) is 11.5 Å². The molecule has 0 fully saturated rings. The van der Waals surface area contributed by atoms with Crippen molar-refractivity contribution >= 4 is 5.57 Å². The molecule has 1 aromatic carbocycles. The van der Waals surface area contributed by atoms with E-state index in [-0.39, 0.29) is 22.3 Å². The molecule has 1 heterocycles. The first-order valence-electron chi connectivity index (χ1n) is 10.9. The maximum atomic E-state index is 14.1. The molecule has 0 aliphatic heterocycles. The van der Waals surface area contributed by atoms with Crippen LogP contribution in [0.1, 0.15) is 59.4 Å². The van der Waals surface area contributed by atoms with E-state index in [1.807, 2.05) is 6.92 Å². The zero-order valence-corrected chi connectivity index (χ0v) is 19.1. The lowest BCUT2D eigenvalue weighted by molar-refractivity contribution is -0.0692. The van der Waals surface area contributed by atoms with Gasteiger partial charge in [0.25, 0.3) is 0 Å². The maximum absolute atomic E-state index is 14.1. The number of aromatic amines is 1. The molecule has 4 nitrogen and oxygen atoms in total. The Bertz CT molecular complexity index is 1090. The number of H-pyrrole nitrogens is 1. The van der Waals surface area contributed by atoms with Crippen LogP contribution in [0.4, 0.5) is 13.2 Å². The first-order valence-corrected chi connectivity index (χ1v) is 10.9. The van der Waals surface area contributed by atoms with Crippen molar-refractivity contribution in [3.63, 3.8) is 0 Å². The number of halogens is 3. The maximum Gasteiger partial charge on any atom is 0.416 e. The second-order valence-corrected chi connectivity index (χ2v) is 10.2. The van der Waals surface area contributed by atoms with E-state index < -0.39 is 11.7 Å². The molecule has 1 aromatic heterocycles. The van der Waals surface area contributed by atoms with E-state index in [2.05, 4.69) is 54.4 Å². The van der Waals surface area contributed by atoms with Gasteiger partial charge in [-0.2, -0.15) is 18.4 Å². The van der Waals surface area contributed by atoms with Gasteiger partial charge in [0.15, 0.2) is 0 Å². The van der Waals surface area contributed by atoms with E-state index in [0.29, 0.717) is 17.8 Å². The predicted octanol–water partition coefficient (Wildman–Crippen LogP) is 6.92. The number of nitrogens with zero attached hydrogens (tertiary/aromatic N) is 3. The van der Waals surface area contributed by atoms with Crippen LogP contribution in [0, 0.1) is 16.7 Å². The molecule has 1 unspecified atom stereocenters. The number of benzene rings is 1. The summed E-state index contributed by atoms with van der Waals surface area (Å²) in [7, 11) is 0. The number of nitrogens with one attached hydrogen (secondary N) is 1. The Morgan fingerprint density at radius 1 is 1.06 bits per heavy atom. The molecular weight excluding hydrogens is 413 g/mol. The van der Waals surface area contributed by atoms with E-state index in [0.717, 1.165) is 18.4 Å². The third-order valence-electron chi connectivity index (χ3n) is 7.10. The molecule has 2 aromatic rings. The molecule has 0 saturated carbocycles. The summed E-state index contributed by atoms with van der Waals surface area (Å²) in [6.07, 6.45) is 1.87. The highest BCUT2D eigenvalue weighted by atomic mass is 19.4. The Kier molecular flexibility index (Phi) is 5.42. The highest BCUT2D eigenvalue weighted by Gasteiger charge is 2.42. The van der Waals surface area contributed by atoms with E-state index in [1.54, 1.807) is 12.1 Å². The molecule has 1 N–H and O–H groups in total. The zero-order chi connectivity index (χ0) is 23.3. The standard InChI is InChI=1S/C25H29F3N4/c1-15-12-20-21(24(4,5)11-10-23(20,2)3)14-18(15)13-19(25(26,27)28)16-6-8-17(9-7-16)22-29-31-32-30-22/h6-9,12-13,18H,10-11,14H2,1-5H3,(H,29,30,31,32). The molecule has 0 saturated heterocycles. The second kappa shape index (κ2) is 7.71. The van der Waals surface area contributed by atoms with Crippen molar-refractivity contribution in [1.82, 2.24) is 20.6 Å². The lowest BCUT2D eigenvalue weighted by Crippen LogP contribution is -2.33. The third kappa shape index (κ3) is 4.17. The third-order valence-corrected chi connectivity index (χ3v) is 7.10. The van der Waals surface area contributed by atoms with Gasteiger partial charge in [-0.15, -0.1) is 10.2 Å². The molecule has 4 rings (SSSR count). The van der Waals surface area contributed by atoms with Crippen LogP contribution in [0.3, 0.4) is 0 Å². The molecule has 0 bridgehead atoms. The van der Waals surface area contributed by atoms with Crippen molar-refractivity contribution in [2.24, 2.45) is 16.7 Å². The van der Waals surface area contributed by atoms with Gasteiger partial charge in [0.05, 0.1) is 5.57 Å². The molecule has 0 radical (unpaired) electrons. The monoisotopic (exact) mass is 442 g/mol. The van der Waals surface area contributed by atoms with Crippen molar-refractivity contribution in [2.75, 3.05) is 0 Å². The molecule has 32 heavy (non-hydrogen) atoms. The highest BCUT2D eigenvalue weighted by Crippen LogP contribution is 2.54. The first-order chi connectivity index (χ1) is 14.9. The minimum absolute atomic E-state index is 0.00121. The van der Waals surface area contributed by atoms with Gasteiger partial charge < -0.3 is 0 Å². The Morgan fingerprint density at radius 2 is 1.72 bits per heavy atom. The Balaban J connectivity index is 1.71. The van der Waals surface area contributed by atoms with Gasteiger partial charge in [-0.05, 0) is 53.4 Å². The summed E-state index contributed by atoms with van der Waals surface area (Å²) >= 11 is 0. The lowest BCUT2D eigenvalue weighted by Gasteiger charge is -2.46. The van der Waals surface area contributed by atoms with Crippen LogP contribution in [-0.4, -0.2) is 26.8 Å². The van der Waals surface area contributed by atoms with Gasteiger partial charge in [-0.25, -0.2) is 0 Å². The zero-order valence-electron chi connectivity index (χ0n) is 19.1. The van der Waals surface area contributed by atoms with Crippen LogP contribution in [0.25, 0.3) is 17.0 Å². The second-order valence-electron chi connectivity index (χ2n) is 10.2. The average Bonchev–Trinajstić information content (AvgIpc) is 3.24. The van der Waals surface area contributed by atoms with Crippen molar-refractivity contribution in [3.8, 4) is 11.4 Å². The minimum atomic E-state index is -4.45. The van der Waals surface area contributed by atoms with Crippen LogP contribution < -0.4 is 0 Å². The fraction of sp³-hybridized carbons (Fsp3) is 0.480. The van der Waals surface area contributed by atoms with E-state index in [4.69, 9.17) is 0 Å². The number of rotatable bonds is 3. The smallest absolute Gasteiger partial charge is 0.177 e. The van der Waals surface area contributed by atoms with Crippen LogP contribution in [-0.2, 0) is 0 Å². The van der Waals surface area contributed by atoms with Crippen molar-refractivity contribution in [3.05, 3.63) is 58.7 Å². The molecule has 7 heteroatoms. The molecule has 1 atom stereocenters. The quantitative estimate of drug-likeness (QED) is 0.561.